The third-order valence-corrected chi connectivity index (χ3v) is 6.04. The van der Waals surface area contributed by atoms with Crippen LogP contribution in [0.3, 0.4) is 0 Å². The van der Waals surface area contributed by atoms with E-state index >= 15 is 0 Å². The Morgan fingerprint density at radius 2 is 1.63 bits per heavy atom. The number of hydrogen-bond donors (Lipinski definition) is 1. The summed E-state index contributed by atoms with van der Waals surface area (Å²) in [5.74, 6) is -0.103. The lowest BCUT2D eigenvalue weighted by Gasteiger charge is -2.42. The highest BCUT2D eigenvalue weighted by Crippen LogP contribution is 2.37. The zero-order chi connectivity index (χ0) is 21.9. The smallest absolute Gasteiger partial charge is 0.227 e. The molecule has 1 aliphatic heterocycles. The number of nitrogens with zero attached hydrogens (tertiary/aromatic N) is 1. The molecule has 3 rings (SSSR count). The normalized spacial score (nSPS) is 16.2. The molecular weight excluding hydrogens is 379 g/mol. The highest BCUT2D eigenvalue weighted by atomic mass is 19.1. The molecule has 2 aromatic rings. The first kappa shape index (κ1) is 22.0. The molecule has 0 saturated carbocycles. The fourth-order valence-corrected chi connectivity index (χ4v) is 4.25. The SMILES string of the molecule is CNC(=O)C1(Cc2ccc(-c3ccccc3F)cc2)CCN(C(=O)C(C)(C)C)CC1. The lowest BCUT2D eigenvalue weighted by atomic mass is 9.72. The van der Waals surface area contributed by atoms with E-state index in [1.54, 1.807) is 19.2 Å². The third kappa shape index (κ3) is 4.55. The minimum Gasteiger partial charge on any atom is -0.359 e. The Morgan fingerprint density at radius 3 is 2.17 bits per heavy atom. The number of likely N-dealkylation sites (tertiary alicyclic amines) is 1. The quantitative estimate of drug-likeness (QED) is 0.810. The minimum atomic E-state index is -0.539. The maximum atomic E-state index is 14.1. The molecular formula is C25H31FN2O2. The van der Waals surface area contributed by atoms with E-state index in [1.807, 2.05) is 56.0 Å². The van der Waals surface area contributed by atoms with Crippen molar-refractivity contribution < 1.29 is 14.0 Å². The Bertz CT molecular complexity index is 907. The van der Waals surface area contributed by atoms with Gasteiger partial charge in [0.05, 0.1) is 5.41 Å². The first-order chi connectivity index (χ1) is 14.2. The maximum absolute atomic E-state index is 14.1. The van der Waals surface area contributed by atoms with E-state index < -0.39 is 10.8 Å². The number of carbonyl (C=O) groups is 2. The number of amides is 2. The second-order valence-corrected chi connectivity index (χ2v) is 9.26. The van der Waals surface area contributed by atoms with Gasteiger partial charge in [-0.2, -0.15) is 0 Å². The summed E-state index contributed by atoms with van der Waals surface area (Å²) >= 11 is 0. The van der Waals surface area contributed by atoms with Crippen LogP contribution in [0.4, 0.5) is 4.39 Å². The molecule has 30 heavy (non-hydrogen) atoms. The lowest BCUT2D eigenvalue weighted by Crippen LogP contribution is -2.52. The molecule has 1 aliphatic rings. The number of benzene rings is 2. The first-order valence-electron chi connectivity index (χ1n) is 10.5. The molecule has 0 bridgehead atoms. The Morgan fingerprint density at radius 1 is 1.03 bits per heavy atom. The number of hydrogen-bond acceptors (Lipinski definition) is 2. The number of carbonyl (C=O) groups excluding carboxylic acids is 2. The van der Waals surface area contributed by atoms with Crippen LogP contribution < -0.4 is 5.32 Å². The van der Waals surface area contributed by atoms with E-state index in [2.05, 4.69) is 5.32 Å². The van der Waals surface area contributed by atoms with Crippen LogP contribution in [-0.4, -0.2) is 36.9 Å². The zero-order valence-electron chi connectivity index (χ0n) is 18.3. The molecule has 0 unspecified atom stereocenters. The minimum absolute atomic E-state index is 0.0172. The summed E-state index contributed by atoms with van der Waals surface area (Å²) in [7, 11) is 1.66. The van der Waals surface area contributed by atoms with Crippen molar-refractivity contribution in [2.24, 2.45) is 10.8 Å². The van der Waals surface area contributed by atoms with Crippen molar-refractivity contribution in [2.75, 3.05) is 20.1 Å². The molecule has 2 aromatic carbocycles. The van der Waals surface area contributed by atoms with Crippen molar-refractivity contribution in [3.8, 4) is 11.1 Å². The zero-order valence-corrected chi connectivity index (χ0v) is 18.3. The van der Waals surface area contributed by atoms with Gasteiger partial charge in [0.2, 0.25) is 11.8 Å². The van der Waals surface area contributed by atoms with Crippen LogP contribution in [-0.2, 0) is 16.0 Å². The molecule has 2 amide bonds. The van der Waals surface area contributed by atoms with Gasteiger partial charge in [-0.3, -0.25) is 9.59 Å². The van der Waals surface area contributed by atoms with Crippen LogP contribution in [0.25, 0.3) is 11.1 Å². The van der Waals surface area contributed by atoms with Gasteiger partial charge in [0.15, 0.2) is 0 Å². The van der Waals surface area contributed by atoms with Crippen molar-refractivity contribution in [1.82, 2.24) is 10.2 Å². The van der Waals surface area contributed by atoms with Gasteiger partial charge in [-0.15, -0.1) is 0 Å². The van der Waals surface area contributed by atoms with Gasteiger partial charge in [-0.05, 0) is 36.5 Å². The highest BCUT2D eigenvalue weighted by molar-refractivity contribution is 5.84. The summed E-state index contributed by atoms with van der Waals surface area (Å²) in [4.78, 5) is 27.3. The monoisotopic (exact) mass is 410 g/mol. The Labute approximate surface area is 178 Å². The molecule has 160 valence electrons. The number of halogens is 1. The molecule has 1 N–H and O–H groups in total. The maximum Gasteiger partial charge on any atom is 0.227 e. The molecule has 0 atom stereocenters. The third-order valence-electron chi connectivity index (χ3n) is 6.04. The molecule has 4 nitrogen and oxygen atoms in total. The average Bonchev–Trinajstić information content (AvgIpc) is 2.73. The summed E-state index contributed by atoms with van der Waals surface area (Å²) < 4.78 is 14.1. The van der Waals surface area contributed by atoms with Crippen molar-refractivity contribution >= 4 is 11.8 Å². The molecule has 0 aromatic heterocycles. The van der Waals surface area contributed by atoms with E-state index in [9.17, 15) is 14.0 Å². The van der Waals surface area contributed by atoms with Gasteiger partial charge in [0.25, 0.3) is 0 Å². The van der Waals surface area contributed by atoms with E-state index in [0.29, 0.717) is 37.9 Å². The van der Waals surface area contributed by atoms with Crippen LogP contribution in [0.5, 0.6) is 0 Å². The number of piperidine rings is 1. The molecule has 1 fully saturated rings. The fraction of sp³-hybridized carbons (Fsp3) is 0.440. The highest BCUT2D eigenvalue weighted by Gasteiger charge is 2.43. The standard InChI is InChI=1S/C25H31FN2O2/c1-24(2,3)23(30)28-15-13-25(14-16-28,22(29)27-4)17-18-9-11-19(12-10-18)20-7-5-6-8-21(20)26/h5-12H,13-17H2,1-4H3,(H,27,29). The van der Waals surface area contributed by atoms with Crippen LogP contribution in [0, 0.1) is 16.6 Å². The van der Waals surface area contributed by atoms with Crippen LogP contribution >= 0.6 is 0 Å². The van der Waals surface area contributed by atoms with Gasteiger partial charge in [-0.1, -0.05) is 63.2 Å². The first-order valence-corrected chi connectivity index (χ1v) is 10.5. The Kier molecular flexibility index (Phi) is 6.30. The largest absolute Gasteiger partial charge is 0.359 e. The van der Waals surface area contributed by atoms with E-state index in [-0.39, 0.29) is 17.6 Å². The van der Waals surface area contributed by atoms with Crippen LogP contribution in [0.2, 0.25) is 0 Å². The number of nitrogens with one attached hydrogen (secondary N) is 1. The number of rotatable bonds is 4. The fourth-order valence-electron chi connectivity index (χ4n) is 4.25. The lowest BCUT2D eigenvalue weighted by molar-refractivity contribution is -0.145. The molecule has 0 spiro atoms. The van der Waals surface area contributed by atoms with Crippen molar-refractivity contribution in [3.05, 3.63) is 59.9 Å². The summed E-state index contributed by atoms with van der Waals surface area (Å²) in [6.07, 6.45) is 1.86. The molecule has 1 heterocycles. The van der Waals surface area contributed by atoms with Gasteiger partial charge < -0.3 is 10.2 Å². The molecule has 1 saturated heterocycles. The van der Waals surface area contributed by atoms with Gasteiger partial charge in [-0.25, -0.2) is 4.39 Å². The van der Waals surface area contributed by atoms with E-state index in [0.717, 1.165) is 11.1 Å². The summed E-state index contributed by atoms with van der Waals surface area (Å²) in [6, 6.07) is 14.5. The van der Waals surface area contributed by atoms with Crippen LogP contribution in [0.15, 0.2) is 48.5 Å². The summed E-state index contributed by atoms with van der Waals surface area (Å²) in [5, 5.41) is 2.82. The van der Waals surface area contributed by atoms with Crippen molar-refractivity contribution in [3.63, 3.8) is 0 Å². The molecule has 0 aliphatic carbocycles. The van der Waals surface area contributed by atoms with Gasteiger partial charge >= 0.3 is 0 Å². The molecule has 0 radical (unpaired) electrons. The predicted octanol–water partition coefficient (Wildman–Crippen LogP) is 4.44. The van der Waals surface area contributed by atoms with Gasteiger partial charge in [0.1, 0.15) is 5.82 Å². The van der Waals surface area contributed by atoms with E-state index in [4.69, 9.17) is 0 Å². The van der Waals surface area contributed by atoms with Crippen LogP contribution in [0.1, 0.15) is 39.2 Å². The Hall–Kier alpha value is -2.69. The second kappa shape index (κ2) is 8.58. The van der Waals surface area contributed by atoms with Crippen molar-refractivity contribution in [2.45, 2.75) is 40.0 Å². The van der Waals surface area contributed by atoms with E-state index in [1.165, 1.54) is 6.07 Å². The Balaban J connectivity index is 1.77. The van der Waals surface area contributed by atoms with Gasteiger partial charge in [0, 0.05) is 31.1 Å². The average molecular weight is 411 g/mol. The topological polar surface area (TPSA) is 49.4 Å². The van der Waals surface area contributed by atoms with Crippen molar-refractivity contribution in [1.29, 1.82) is 0 Å². The summed E-state index contributed by atoms with van der Waals surface area (Å²) in [5.41, 5.74) is 1.46. The molecule has 5 heteroatoms. The summed E-state index contributed by atoms with van der Waals surface area (Å²) in [6.45, 7) is 6.93. The predicted molar refractivity (Wildman–Crippen MR) is 117 cm³/mol. The second-order valence-electron chi connectivity index (χ2n) is 9.26.